The van der Waals surface area contributed by atoms with Crippen molar-refractivity contribution in [2.45, 2.75) is 50.4 Å². The number of esters is 1. The van der Waals surface area contributed by atoms with Crippen LogP contribution < -0.4 is 11.1 Å². The van der Waals surface area contributed by atoms with E-state index in [2.05, 4.69) is 5.32 Å². The van der Waals surface area contributed by atoms with Crippen LogP contribution in [-0.4, -0.2) is 71.0 Å². The third kappa shape index (κ3) is 4.90. The number of nitrogens with two attached hydrogens (primary N) is 1. The molecule has 5 atom stereocenters. The van der Waals surface area contributed by atoms with Crippen LogP contribution in [0.3, 0.4) is 0 Å². The number of carbonyl (C=O) groups is 2. The van der Waals surface area contributed by atoms with Crippen LogP contribution in [0.15, 0.2) is 0 Å². The molecule has 0 spiro atoms. The molecule has 1 rings (SSSR count). The lowest BCUT2D eigenvalue weighted by Gasteiger charge is -2.40. The summed E-state index contributed by atoms with van der Waals surface area (Å²) < 4.78 is 9.76. The molecule has 0 aromatic carbocycles. The molecule has 122 valence electrons. The Kier molecular flexibility index (Phi) is 6.99. The van der Waals surface area contributed by atoms with E-state index < -0.39 is 36.6 Å². The number of aliphatic hydroxyl groups excluding tert-OH is 3. The molecule has 9 nitrogen and oxygen atoms in total. The maximum Gasteiger partial charge on any atom is 0.319 e. The second-order valence-electron chi connectivity index (χ2n) is 4.78. The lowest BCUT2D eigenvalue weighted by Crippen LogP contribution is -2.64. The van der Waals surface area contributed by atoms with Gasteiger partial charge in [-0.25, -0.2) is 0 Å². The van der Waals surface area contributed by atoms with Crippen LogP contribution >= 0.6 is 0 Å². The summed E-state index contributed by atoms with van der Waals surface area (Å²) in [5.74, 6) is -1.07. The summed E-state index contributed by atoms with van der Waals surface area (Å²) in [6.45, 7) is 1.12. The lowest BCUT2D eigenvalue weighted by atomic mass is 9.97. The van der Waals surface area contributed by atoms with Gasteiger partial charge in [0.2, 0.25) is 5.91 Å². The van der Waals surface area contributed by atoms with E-state index in [0.717, 1.165) is 0 Å². The fourth-order valence-electron chi connectivity index (χ4n) is 1.96. The number of hydrogen-bond acceptors (Lipinski definition) is 8. The number of hydrogen-bond donors (Lipinski definition) is 5. The molecule has 1 unspecified atom stereocenters. The monoisotopic (exact) mass is 306 g/mol. The first-order valence-corrected chi connectivity index (χ1v) is 6.75. The second-order valence-corrected chi connectivity index (χ2v) is 4.78. The zero-order valence-electron chi connectivity index (χ0n) is 11.8. The summed E-state index contributed by atoms with van der Waals surface area (Å²) in [4.78, 5) is 22.4. The Bertz CT molecular complexity index is 366. The number of aliphatic hydroxyl groups is 3. The van der Waals surface area contributed by atoms with Gasteiger partial charge in [0.05, 0.1) is 6.54 Å². The summed E-state index contributed by atoms with van der Waals surface area (Å²) >= 11 is 0. The fourth-order valence-corrected chi connectivity index (χ4v) is 1.96. The first kappa shape index (κ1) is 17.8. The Morgan fingerprint density at radius 1 is 1.29 bits per heavy atom. The highest BCUT2D eigenvalue weighted by Crippen LogP contribution is 2.20. The molecule has 9 heteroatoms. The minimum Gasteiger partial charge on any atom is -0.462 e. The minimum atomic E-state index is -1.52. The van der Waals surface area contributed by atoms with E-state index in [-0.39, 0.29) is 25.5 Å². The van der Waals surface area contributed by atoms with E-state index in [1.54, 1.807) is 6.92 Å². The third-order valence-electron chi connectivity index (χ3n) is 3.10. The Labute approximate surface area is 122 Å². The molecule has 0 aromatic rings. The van der Waals surface area contributed by atoms with Crippen LogP contribution in [-0.2, 0) is 19.1 Å². The van der Waals surface area contributed by atoms with Gasteiger partial charge >= 0.3 is 5.97 Å². The normalized spacial score (nSPS) is 32.5. The predicted molar refractivity (Wildman–Crippen MR) is 69.7 cm³/mol. The van der Waals surface area contributed by atoms with Crippen molar-refractivity contribution in [2.24, 2.45) is 5.73 Å². The van der Waals surface area contributed by atoms with Crippen molar-refractivity contribution in [1.82, 2.24) is 5.32 Å². The molecule has 21 heavy (non-hydrogen) atoms. The molecule has 1 aliphatic rings. The van der Waals surface area contributed by atoms with Crippen molar-refractivity contribution in [1.29, 1.82) is 0 Å². The van der Waals surface area contributed by atoms with E-state index >= 15 is 0 Å². The average Bonchev–Trinajstić information content (AvgIpc) is 2.45. The lowest BCUT2D eigenvalue weighted by molar-refractivity contribution is -0.255. The topological polar surface area (TPSA) is 151 Å². The first-order valence-electron chi connectivity index (χ1n) is 6.75. The van der Waals surface area contributed by atoms with Crippen LogP contribution in [0.2, 0.25) is 0 Å². The predicted octanol–water partition coefficient (Wildman–Crippen LogP) is -2.79. The van der Waals surface area contributed by atoms with Gasteiger partial charge in [-0.2, -0.15) is 0 Å². The summed E-state index contributed by atoms with van der Waals surface area (Å²) in [5, 5.41) is 32.0. The Morgan fingerprint density at radius 2 is 1.95 bits per heavy atom. The Hall–Kier alpha value is -1.26. The van der Waals surface area contributed by atoms with Gasteiger partial charge in [-0.1, -0.05) is 6.92 Å². The van der Waals surface area contributed by atoms with Crippen LogP contribution in [0.5, 0.6) is 0 Å². The average molecular weight is 306 g/mol. The third-order valence-corrected chi connectivity index (χ3v) is 3.10. The highest BCUT2D eigenvalue weighted by Gasteiger charge is 2.44. The van der Waals surface area contributed by atoms with Gasteiger partial charge in [0, 0.05) is 6.42 Å². The Morgan fingerprint density at radius 3 is 2.52 bits per heavy atom. The number of rotatable bonds is 6. The van der Waals surface area contributed by atoms with Gasteiger partial charge in [-0.3, -0.25) is 9.59 Å². The maximum atomic E-state index is 11.5. The number of nitrogens with one attached hydrogen (secondary N) is 1. The largest absolute Gasteiger partial charge is 0.462 e. The molecule has 1 aliphatic heterocycles. The Balaban J connectivity index is 2.59. The highest BCUT2D eigenvalue weighted by atomic mass is 16.6. The molecule has 0 saturated carbocycles. The molecule has 0 aromatic heterocycles. The highest BCUT2D eigenvalue weighted by molar-refractivity contribution is 5.76. The summed E-state index contributed by atoms with van der Waals surface area (Å²) in [5.41, 5.74) is 5.06. The molecule has 1 amide bonds. The van der Waals surface area contributed by atoms with Gasteiger partial charge in [-0.05, 0) is 6.42 Å². The van der Waals surface area contributed by atoms with E-state index in [1.165, 1.54) is 0 Å². The van der Waals surface area contributed by atoms with Crippen LogP contribution in [0, 0.1) is 0 Å². The molecule has 1 saturated heterocycles. The number of ether oxygens (including phenoxy) is 2. The van der Waals surface area contributed by atoms with Crippen LogP contribution in [0.25, 0.3) is 0 Å². The van der Waals surface area contributed by atoms with Crippen molar-refractivity contribution < 1.29 is 34.4 Å². The molecule has 0 radical (unpaired) electrons. The van der Waals surface area contributed by atoms with E-state index in [9.17, 15) is 24.9 Å². The van der Waals surface area contributed by atoms with Gasteiger partial charge in [0.15, 0.2) is 6.29 Å². The van der Waals surface area contributed by atoms with Crippen LogP contribution in [0.4, 0.5) is 0 Å². The fraction of sp³-hybridized carbons (Fsp3) is 0.833. The molecular formula is C12H22N2O7. The molecule has 6 N–H and O–H groups in total. The second kappa shape index (κ2) is 8.25. The quantitative estimate of drug-likeness (QED) is 0.330. The van der Waals surface area contributed by atoms with Gasteiger partial charge in [0.1, 0.15) is 31.0 Å². The van der Waals surface area contributed by atoms with Gasteiger partial charge in [-0.15, -0.1) is 0 Å². The van der Waals surface area contributed by atoms with Crippen LogP contribution in [0.1, 0.15) is 19.8 Å². The van der Waals surface area contributed by atoms with Crippen molar-refractivity contribution in [3.05, 3.63) is 0 Å². The summed E-state index contributed by atoms with van der Waals surface area (Å²) in [6.07, 6.45) is -4.67. The smallest absolute Gasteiger partial charge is 0.319 e. The van der Waals surface area contributed by atoms with Crippen molar-refractivity contribution in [2.75, 3.05) is 13.2 Å². The molecular weight excluding hydrogens is 284 g/mol. The van der Waals surface area contributed by atoms with Crippen molar-refractivity contribution in [3.63, 3.8) is 0 Å². The van der Waals surface area contributed by atoms with Gasteiger partial charge in [0.25, 0.3) is 0 Å². The standard InChI is InChI=1S/C12H22N2O7/c1-2-3-7(15)14-9-11(18)10(17)6(21-12(9)19)5-20-8(16)4-13/h6,9-12,17-19H,2-5,13H2,1H3,(H,14,15)/t6-,9-,10-,11-,12?/m1/s1. The van der Waals surface area contributed by atoms with E-state index in [0.29, 0.717) is 6.42 Å². The summed E-state index contributed by atoms with van der Waals surface area (Å²) in [7, 11) is 0. The number of carbonyl (C=O) groups excluding carboxylic acids is 2. The van der Waals surface area contributed by atoms with E-state index in [4.69, 9.17) is 15.2 Å². The van der Waals surface area contributed by atoms with Crippen molar-refractivity contribution in [3.8, 4) is 0 Å². The molecule has 1 heterocycles. The van der Waals surface area contributed by atoms with Gasteiger partial charge < -0.3 is 35.8 Å². The van der Waals surface area contributed by atoms with E-state index in [1.807, 2.05) is 0 Å². The molecule has 0 aliphatic carbocycles. The number of amides is 1. The molecule has 0 bridgehead atoms. The summed E-state index contributed by atoms with van der Waals surface area (Å²) in [6, 6.07) is -1.15. The minimum absolute atomic E-state index is 0.226. The zero-order valence-corrected chi connectivity index (χ0v) is 11.8. The SMILES string of the molecule is CCCC(=O)N[C@H]1C(O)O[C@H](COC(=O)CN)[C@@H](O)[C@@H]1O. The first-order chi connectivity index (χ1) is 9.90. The molecule has 1 fully saturated rings. The zero-order chi connectivity index (χ0) is 16.0. The van der Waals surface area contributed by atoms with Crippen molar-refractivity contribution >= 4 is 11.9 Å². The maximum absolute atomic E-state index is 11.5.